The number of nitrogens with two attached hydrogens (primary N) is 1. The molecule has 2 amide bonds. The Balaban J connectivity index is 3.01. The summed E-state index contributed by atoms with van der Waals surface area (Å²) in [5.74, 6) is -1.73. The fourth-order valence-electron chi connectivity index (χ4n) is 1.14. The number of hydrogen-bond donors (Lipinski definition) is 2. The second kappa shape index (κ2) is 5.26. The molecule has 0 bridgehead atoms. The van der Waals surface area contributed by atoms with Gasteiger partial charge < -0.3 is 10.5 Å². The zero-order valence-corrected chi connectivity index (χ0v) is 9.01. The minimum Gasteiger partial charge on any atom is -0.462 e. The number of rotatable bonds is 3. The van der Waals surface area contributed by atoms with Crippen molar-refractivity contribution in [3.63, 3.8) is 0 Å². The lowest BCUT2D eigenvalue weighted by atomic mass is 10.2. The van der Waals surface area contributed by atoms with Crippen LogP contribution in [0.2, 0.25) is 0 Å². The summed E-state index contributed by atoms with van der Waals surface area (Å²) in [4.78, 5) is 21.9. The quantitative estimate of drug-likeness (QED) is 0.474. The fourth-order valence-corrected chi connectivity index (χ4v) is 1.14. The molecule has 0 fully saturated rings. The molecule has 0 heterocycles. The fraction of sp³-hybridized carbons (Fsp3) is 0.200. The number of hydrogen-bond acceptors (Lipinski definition) is 4. The number of benzene rings is 1. The van der Waals surface area contributed by atoms with E-state index in [1.54, 1.807) is 6.92 Å². The van der Waals surface area contributed by atoms with E-state index < -0.39 is 17.8 Å². The number of urea groups is 1. The highest BCUT2D eigenvalue weighted by molar-refractivity contribution is 5.92. The van der Waals surface area contributed by atoms with Gasteiger partial charge in [0.25, 0.3) is 0 Å². The van der Waals surface area contributed by atoms with Crippen LogP contribution in [-0.4, -0.2) is 23.8 Å². The molecule has 3 N–H and O–H groups in total. The summed E-state index contributed by atoms with van der Waals surface area (Å²) in [6.07, 6.45) is 0. The topological polar surface area (TPSA) is 92.9 Å². The molecular formula is C10H11FN2O4. The van der Waals surface area contributed by atoms with Crippen molar-refractivity contribution in [3.8, 4) is 0 Å². The van der Waals surface area contributed by atoms with E-state index in [-0.39, 0.29) is 22.9 Å². The number of primary amides is 1. The zero-order chi connectivity index (χ0) is 13.0. The average molecular weight is 242 g/mol. The van der Waals surface area contributed by atoms with Gasteiger partial charge in [0.2, 0.25) is 0 Å². The molecule has 0 aliphatic heterocycles. The number of amides is 2. The van der Waals surface area contributed by atoms with Crippen molar-refractivity contribution < 1.29 is 23.9 Å². The molecule has 0 spiro atoms. The summed E-state index contributed by atoms with van der Waals surface area (Å²) in [6, 6.07) is 1.90. The predicted molar refractivity (Wildman–Crippen MR) is 56.2 cm³/mol. The van der Waals surface area contributed by atoms with Gasteiger partial charge in [0.1, 0.15) is 5.82 Å². The summed E-state index contributed by atoms with van der Waals surface area (Å²) < 4.78 is 18.1. The maximum atomic E-state index is 13.5. The Morgan fingerprint density at radius 3 is 2.65 bits per heavy atom. The van der Waals surface area contributed by atoms with Crippen LogP contribution < -0.4 is 10.8 Å². The molecule has 1 aromatic rings. The molecule has 1 rings (SSSR count). The highest BCUT2D eigenvalue weighted by Gasteiger charge is 2.16. The molecule has 1 aromatic carbocycles. The van der Waals surface area contributed by atoms with Crippen molar-refractivity contribution in [3.05, 3.63) is 29.6 Å². The first-order valence-electron chi connectivity index (χ1n) is 4.72. The van der Waals surface area contributed by atoms with Crippen LogP contribution in [0.1, 0.15) is 17.3 Å². The number of anilines is 1. The Kier molecular flexibility index (Phi) is 4.00. The standard InChI is InChI=1S/C10H11FN2O4/c1-2-17-9(14)7-4-3-6(5-8(7)11)13(16)10(12)15/h3-5,16H,2H2,1H3,(H2,12,15). The van der Waals surface area contributed by atoms with Crippen molar-refractivity contribution in [2.75, 3.05) is 11.7 Å². The SMILES string of the molecule is CCOC(=O)c1ccc(N(O)C(N)=O)cc1F. The Bertz CT molecular complexity index is 450. The number of hydroxylamine groups is 1. The molecule has 0 atom stereocenters. The summed E-state index contributed by atoms with van der Waals surface area (Å²) in [5, 5.41) is 9.20. The van der Waals surface area contributed by atoms with Crippen molar-refractivity contribution in [1.29, 1.82) is 0 Å². The largest absolute Gasteiger partial charge is 0.462 e. The van der Waals surface area contributed by atoms with Crippen molar-refractivity contribution in [2.45, 2.75) is 6.92 Å². The van der Waals surface area contributed by atoms with E-state index >= 15 is 0 Å². The maximum Gasteiger partial charge on any atom is 0.343 e. The van der Waals surface area contributed by atoms with Crippen LogP contribution in [0.25, 0.3) is 0 Å². The van der Waals surface area contributed by atoms with E-state index in [1.165, 1.54) is 6.07 Å². The first-order chi connectivity index (χ1) is 7.97. The van der Waals surface area contributed by atoms with Crippen LogP contribution in [0.5, 0.6) is 0 Å². The Morgan fingerprint density at radius 1 is 1.53 bits per heavy atom. The van der Waals surface area contributed by atoms with Gasteiger partial charge in [-0.05, 0) is 19.1 Å². The van der Waals surface area contributed by atoms with Gasteiger partial charge >= 0.3 is 12.0 Å². The van der Waals surface area contributed by atoms with E-state index in [2.05, 4.69) is 4.74 Å². The average Bonchev–Trinajstić information content (AvgIpc) is 2.27. The van der Waals surface area contributed by atoms with Crippen LogP contribution in [0.15, 0.2) is 18.2 Å². The van der Waals surface area contributed by atoms with Crippen LogP contribution in [0.3, 0.4) is 0 Å². The predicted octanol–water partition coefficient (Wildman–Crippen LogP) is 1.28. The Hall–Kier alpha value is -2.15. The lowest BCUT2D eigenvalue weighted by Crippen LogP contribution is -2.32. The lowest BCUT2D eigenvalue weighted by Gasteiger charge is -2.12. The minimum absolute atomic E-state index is 0.0675. The number of carbonyl (C=O) groups excluding carboxylic acids is 2. The molecular weight excluding hydrogens is 231 g/mol. The van der Waals surface area contributed by atoms with Gasteiger partial charge in [-0.1, -0.05) is 0 Å². The minimum atomic E-state index is -1.16. The third-order valence-corrected chi connectivity index (χ3v) is 1.90. The van der Waals surface area contributed by atoms with Crippen molar-refractivity contribution in [2.24, 2.45) is 5.73 Å². The highest BCUT2D eigenvalue weighted by Crippen LogP contribution is 2.18. The molecule has 0 aliphatic carbocycles. The van der Waals surface area contributed by atoms with Crippen LogP contribution in [-0.2, 0) is 4.74 Å². The molecule has 17 heavy (non-hydrogen) atoms. The lowest BCUT2D eigenvalue weighted by molar-refractivity contribution is 0.0521. The van der Waals surface area contributed by atoms with Gasteiger partial charge in [-0.2, -0.15) is 5.06 Å². The number of ether oxygens (including phenoxy) is 1. The summed E-state index contributed by atoms with van der Waals surface area (Å²) in [7, 11) is 0. The van der Waals surface area contributed by atoms with E-state index in [4.69, 9.17) is 10.9 Å². The number of nitrogens with zero attached hydrogens (tertiary/aromatic N) is 1. The third kappa shape index (κ3) is 2.91. The molecule has 0 saturated heterocycles. The third-order valence-electron chi connectivity index (χ3n) is 1.90. The summed E-state index contributed by atoms with van der Waals surface area (Å²) in [6.45, 7) is 1.71. The second-order valence-electron chi connectivity index (χ2n) is 3.03. The van der Waals surface area contributed by atoms with Gasteiger partial charge in [0.15, 0.2) is 0 Å². The van der Waals surface area contributed by atoms with Crippen molar-refractivity contribution >= 4 is 17.7 Å². The molecule has 6 nitrogen and oxygen atoms in total. The van der Waals surface area contributed by atoms with Gasteiger partial charge in [-0.3, -0.25) is 5.21 Å². The zero-order valence-electron chi connectivity index (χ0n) is 9.01. The monoisotopic (exact) mass is 242 g/mol. The van der Waals surface area contributed by atoms with Crippen LogP contribution >= 0.6 is 0 Å². The Labute approximate surface area is 96.3 Å². The highest BCUT2D eigenvalue weighted by atomic mass is 19.1. The number of esters is 1. The second-order valence-corrected chi connectivity index (χ2v) is 3.03. The molecule has 0 aromatic heterocycles. The van der Waals surface area contributed by atoms with Gasteiger partial charge in [-0.25, -0.2) is 14.0 Å². The number of carbonyl (C=O) groups is 2. The van der Waals surface area contributed by atoms with Crippen LogP contribution in [0.4, 0.5) is 14.9 Å². The van der Waals surface area contributed by atoms with Gasteiger partial charge in [0.05, 0.1) is 17.9 Å². The van der Waals surface area contributed by atoms with E-state index in [0.29, 0.717) is 0 Å². The molecule has 0 unspecified atom stereocenters. The van der Waals surface area contributed by atoms with E-state index in [1.807, 2.05) is 0 Å². The van der Waals surface area contributed by atoms with E-state index in [9.17, 15) is 14.0 Å². The first kappa shape index (κ1) is 12.9. The van der Waals surface area contributed by atoms with Crippen molar-refractivity contribution in [1.82, 2.24) is 0 Å². The van der Waals surface area contributed by atoms with Crippen LogP contribution in [0, 0.1) is 5.82 Å². The first-order valence-corrected chi connectivity index (χ1v) is 4.72. The molecule has 0 saturated carbocycles. The molecule has 92 valence electrons. The summed E-state index contributed by atoms with van der Waals surface area (Å²) in [5.41, 5.74) is 4.32. The maximum absolute atomic E-state index is 13.5. The Morgan fingerprint density at radius 2 is 2.18 bits per heavy atom. The van der Waals surface area contributed by atoms with Gasteiger partial charge in [0, 0.05) is 6.07 Å². The van der Waals surface area contributed by atoms with E-state index in [0.717, 1.165) is 12.1 Å². The van der Waals surface area contributed by atoms with Gasteiger partial charge in [-0.15, -0.1) is 0 Å². The number of halogens is 1. The smallest absolute Gasteiger partial charge is 0.343 e. The molecule has 0 aliphatic rings. The summed E-state index contributed by atoms with van der Waals surface area (Å²) >= 11 is 0. The normalized spacial score (nSPS) is 9.82. The molecule has 0 radical (unpaired) electrons. The molecule has 7 heteroatoms.